The average Bonchev–Trinajstić information content (AvgIpc) is 3.01. The summed E-state index contributed by atoms with van der Waals surface area (Å²) < 4.78 is 5.13. The lowest BCUT2D eigenvalue weighted by molar-refractivity contribution is -0.119. The Kier molecular flexibility index (Phi) is 3.47. The van der Waals surface area contributed by atoms with Gasteiger partial charge in [-0.2, -0.15) is 0 Å². The number of rotatable bonds is 3. The highest BCUT2D eigenvalue weighted by Gasteiger charge is 2.49. The molecule has 0 bridgehead atoms. The molecule has 1 aliphatic heterocycles. The van der Waals surface area contributed by atoms with Crippen LogP contribution in [0.5, 0.6) is 0 Å². The van der Waals surface area contributed by atoms with Gasteiger partial charge in [0.1, 0.15) is 0 Å². The van der Waals surface area contributed by atoms with Gasteiger partial charge in [-0.1, -0.05) is 31.8 Å². The molecule has 2 N–H and O–H groups in total. The molecule has 1 aromatic heterocycles. The molecule has 0 spiro atoms. The number of nitrogens with one attached hydrogen (secondary N) is 2. The number of nitrogens with zero attached hydrogens (tertiary/aromatic N) is 1. The number of carbonyl (C=O) groups is 2. The van der Waals surface area contributed by atoms with Crippen LogP contribution in [0.2, 0.25) is 0 Å². The molecule has 0 unspecified atom stereocenters. The minimum absolute atomic E-state index is 0.0163. The predicted octanol–water partition coefficient (Wildman–Crippen LogP) is 1.73. The van der Waals surface area contributed by atoms with Crippen molar-refractivity contribution < 1.29 is 14.1 Å². The SMILES string of the molecule is CC(C)c1cc(C(=O)N[C@@]23CCCC[C@@H]2NC(=O)C3)on1. The van der Waals surface area contributed by atoms with Crippen LogP contribution in [0, 0.1) is 0 Å². The number of amides is 2. The van der Waals surface area contributed by atoms with Crippen molar-refractivity contribution in [3.63, 3.8) is 0 Å². The quantitative estimate of drug-likeness (QED) is 0.888. The summed E-state index contributed by atoms with van der Waals surface area (Å²) in [4.78, 5) is 24.1. The van der Waals surface area contributed by atoms with Crippen molar-refractivity contribution in [1.82, 2.24) is 15.8 Å². The van der Waals surface area contributed by atoms with Crippen LogP contribution in [-0.4, -0.2) is 28.6 Å². The summed E-state index contributed by atoms with van der Waals surface area (Å²) in [6, 6.07) is 1.72. The fraction of sp³-hybridized carbons (Fsp3) is 0.667. The van der Waals surface area contributed by atoms with Gasteiger partial charge in [-0.05, 0) is 18.8 Å². The first-order chi connectivity index (χ1) is 10.00. The molecule has 2 fully saturated rings. The third-order valence-electron chi connectivity index (χ3n) is 4.55. The van der Waals surface area contributed by atoms with Gasteiger partial charge in [0.15, 0.2) is 0 Å². The molecule has 6 heteroatoms. The average molecular weight is 291 g/mol. The van der Waals surface area contributed by atoms with Crippen LogP contribution >= 0.6 is 0 Å². The molecule has 2 aliphatic rings. The number of carbonyl (C=O) groups excluding carboxylic acids is 2. The van der Waals surface area contributed by atoms with Crippen LogP contribution < -0.4 is 10.6 Å². The number of fused-ring (bicyclic) bond motifs is 1. The molecule has 21 heavy (non-hydrogen) atoms. The molecule has 1 aromatic rings. The van der Waals surface area contributed by atoms with E-state index in [2.05, 4.69) is 15.8 Å². The lowest BCUT2D eigenvalue weighted by Crippen LogP contribution is -2.57. The summed E-state index contributed by atoms with van der Waals surface area (Å²) in [5, 5.41) is 9.92. The molecule has 1 saturated heterocycles. The Morgan fingerprint density at radius 3 is 3.05 bits per heavy atom. The van der Waals surface area contributed by atoms with Gasteiger partial charge in [0.05, 0.1) is 23.7 Å². The standard InChI is InChI=1S/C15H21N3O3/c1-9(2)10-7-11(21-18-10)14(20)17-15-6-4-3-5-12(15)16-13(19)8-15/h7,9,12H,3-6,8H2,1-2H3,(H,16,19)(H,17,20)/t12-,15+/m0/s1. The zero-order chi connectivity index (χ0) is 15.0. The van der Waals surface area contributed by atoms with E-state index in [4.69, 9.17) is 4.52 Å². The lowest BCUT2D eigenvalue weighted by atomic mass is 9.78. The van der Waals surface area contributed by atoms with Gasteiger partial charge in [-0.15, -0.1) is 0 Å². The Morgan fingerprint density at radius 1 is 1.52 bits per heavy atom. The monoisotopic (exact) mass is 291 g/mol. The van der Waals surface area contributed by atoms with Crippen molar-refractivity contribution in [2.24, 2.45) is 0 Å². The topological polar surface area (TPSA) is 84.2 Å². The van der Waals surface area contributed by atoms with Crippen molar-refractivity contribution in [2.75, 3.05) is 0 Å². The number of aromatic nitrogens is 1. The first kappa shape index (κ1) is 14.1. The molecule has 2 heterocycles. The second-order valence-electron chi connectivity index (χ2n) is 6.42. The van der Waals surface area contributed by atoms with Gasteiger partial charge in [0.2, 0.25) is 11.7 Å². The predicted molar refractivity (Wildman–Crippen MR) is 75.8 cm³/mol. The van der Waals surface area contributed by atoms with Gasteiger partial charge in [-0.25, -0.2) is 0 Å². The van der Waals surface area contributed by atoms with E-state index >= 15 is 0 Å². The summed E-state index contributed by atoms with van der Waals surface area (Å²) >= 11 is 0. The van der Waals surface area contributed by atoms with Crippen LogP contribution in [-0.2, 0) is 4.79 Å². The molecule has 1 saturated carbocycles. The summed E-state index contributed by atoms with van der Waals surface area (Å²) in [7, 11) is 0. The second-order valence-corrected chi connectivity index (χ2v) is 6.42. The lowest BCUT2D eigenvalue weighted by Gasteiger charge is -2.38. The van der Waals surface area contributed by atoms with Crippen LogP contribution in [0.25, 0.3) is 0 Å². The Balaban J connectivity index is 1.77. The van der Waals surface area contributed by atoms with E-state index in [1.54, 1.807) is 6.07 Å². The van der Waals surface area contributed by atoms with Crippen molar-refractivity contribution in [3.8, 4) is 0 Å². The first-order valence-electron chi connectivity index (χ1n) is 7.59. The third-order valence-corrected chi connectivity index (χ3v) is 4.55. The molecule has 114 valence electrons. The zero-order valence-corrected chi connectivity index (χ0v) is 12.4. The Morgan fingerprint density at radius 2 is 2.33 bits per heavy atom. The maximum absolute atomic E-state index is 12.4. The van der Waals surface area contributed by atoms with Crippen LogP contribution in [0.15, 0.2) is 10.6 Å². The normalized spacial score (nSPS) is 28.3. The van der Waals surface area contributed by atoms with E-state index in [9.17, 15) is 9.59 Å². The summed E-state index contributed by atoms with van der Waals surface area (Å²) in [6.07, 6.45) is 4.21. The van der Waals surface area contributed by atoms with E-state index in [1.807, 2.05) is 13.8 Å². The second kappa shape index (κ2) is 5.16. The van der Waals surface area contributed by atoms with E-state index < -0.39 is 5.54 Å². The Bertz CT molecular complexity index is 566. The zero-order valence-electron chi connectivity index (χ0n) is 12.4. The van der Waals surface area contributed by atoms with Crippen LogP contribution in [0.4, 0.5) is 0 Å². The molecule has 2 amide bonds. The fourth-order valence-electron chi connectivity index (χ4n) is 3.34. The highest BCUT2D eigenvalue weighted by Crippen LogP contribution is 2.35. The number of hydrogen-bond acceptors (Lipinski definition) is 4. The van der Waals surface area contributed by atoms with Crippen molar-refractivity contribution in [1.29, 1.82) is 0 Å². The molecule has 1 aliphatic carbocycles. The van der Waals surface area contributed by atoms with Gasteiger partial charge in [-0.3, -0.25) is 9.59 Å². The summed E-state index contributed by atoms with van der Waals surface area (Å²) in [6.45, 7) is 3.99. The fourth-order valence-corrected chi connectivity index (χ4v) is 3.34. The largest absolute Gasteiger partial charge is 0.351 e. The highest BCUT2D eigenvalue weighted by molar-refractivity contribution is 5.93. The Labute approximate surface area is 123 Å². The highest BCUT2D eigenvalue weighted by atomic mass is 16.5. The number of hydrogen-bond donors (Lipinski definition) is 2. The Hall–Kier alpha value is -1.85. The molecular formula is C15H21N3O3. The molecule has 3 rings (SSSR count). The molecule has 0 radical (unpaired) electrons. The molecular weight excluding hydrogens is 270 g/mol. The van der Waals surface area contributed by atoms with E-state index in [1.165, 1.54) is 0 Å². The van der Waals surface area contributed by atoms with Crippen LogP contribution in [0.3, 0.4) is 0 Å². The molecule has 0 aromatic carbocycles. The van der Waals surface area contributed by atoms with Crippen molar-refractivity contribution in [2.45, 2.75) is 63.5 Å². The van der Waals surface area contributed by atoms with Gasteiger partial charge in [0, 0.05) is 6.07 Å². The maximum Gasteiger partial charge on any atom is 0.290 e. The first-order valence-corrected chi connectivity index (χ1v) is 7.59. The van der Waals surface area contributed by atoms with Gasteiger partial charge in [0.25, 0.3) is 5.91 Å². The summed E-state index contributed by atoms with van der Waals surface area (Å²) in [5.41, 5.74) is 0.301. The molecule has 6 nitrogen and oxygen atoms in total. The minimum atomic E-state index is -0.461. The van der Waals surface area contributed by atoms with Gasteiger partial charge >= 0.3 is 0 Å². The maximum atomic E-state index is 12.4. The van der Waals surface area contributed by atoms with E-state index in [-0.39, 0.29) is 29.5 Å². The van der Waals surface area contributed by atoms with E-state index in [0.29, 0.717) is 6.42 Å². The van der Waals surface area contributed by atoms with Crippen LogP contribution in [0.1, 0.15) is 68.1 Å². The third kappa shape index (κ3) is 2.54. The summed E-state index contributed by atoms with van der Waals surface area (Å²) in [5.74, 6) is 0.169. The smallest absolute Gasteiger partial charge is 0.290 e. The molecule has 2 atom stereocenters. The minimum Gasteiger partial charge on any atom is -0.351 e. The van der Waals surface area contributed by atoms with Crippen molar-refractivity contribution in [3.05, 3.63) is 17.5 Å². The van der Waals surface area contributed by atoms with Gasteiger partial charge < -0.3 is 15.2 Å². The van der Waals surface area contributed by atoms with Crippen molar-refractivity contribution >= 4 is 11.8 Å². The van der Waals surface area contributed by atoms with E-state index in [0.717, 1.165) is 31.4 Å².